The van der Waals surface area contributed by atoms with Crippen LogP contribution in [0.5, 0.6) is 0 Å². The van der Waals surface area contributed by atoms with Crippen LogP contribution < -0.4 is 5.32 Å². The Bertz CT molecular complexity index is 925. The van der Waals surface area contributed by atoms with Crippen LogP contribution in [0.1, 0.15) is 30.8 Å². The molecule has 0 spiro atoms. The van der Waals surface area contributed by atoms with Gasteiger partial charge in [-0.3, -0.25) is 4.99 Å². The molecule has 2 unspecified atom stereocenters. The number of pyridine rings is 1. The monoisotopic (exact) mass is 365 g/mol. The van der Waals surface area contributed by atoms with Gasteiger partial charge in [0.05, 0.1) is 24.6 Å². The van der Waals surface area contributed by atoms with Crippen LogP contribution >= 0.6 is 0 Å². The summed E-state index contributed by atoms with van der Waals surface area (Å²) in [5.74, 6) is 1.55. The summed E-state index contributed by atoms with van der Waals surface area (Å²) in [5.41, 5.74) is 3.18. The SMILES string of the molecule is CN=C(NCc1cn2c(C)cccc2n1)N1CCC(C)C(n2ccnc2)C1. The molecule has 1 N–H and O–H groups in total. The van der Waals surface area contributed by atoms with Crippen molar-refractivity contribution < 1.29 is 0 Å². The van der Waals surface area contributed by atoms with Crippen LogP contribution in [0.3, 0.4) is 0 Å². The van der Waals surface area contributed by atoms with Crippen LogP contribution in [0.15, 0.2) is 48.1 Å². The highest BCUT2D eigenvalue weighted by Gasteiger charge is 2.28. The smallest absolute Gasteiger partial charge is 0.194 e. The van der Waals surface area contributed by atoms with E-state index in [2.05, 4.69) is 61.5 Å². The zero-order chi connectivity index (χ0) is 18.8. The molecule has 0 radical (unpaired) electrons. The minimum absolute atomic E-state index is 0.414. The van der Waals surface area contributed by atoms with Crippen LogP contribution in [0.4, 0.5) is 0 Å². The molecule has 27 heavy (non-hydrogen) atoms. The molecule has 3 aromatic rings. The minimum atomic E-state index is 0.414. The fourth-order valence-corrected chi connectivity index (χ4v) is 3.88. The van der Waals surface area contributed by atoms with Gasteiger partial charge in [0.1, 0.15) is 5.65 Å². The number of hydrogen-bond donors (Lipinski definition) is 1. The Labute approximate surface area is 159 Å². The van der Waals surface area contributed by atoms with Crippen LogP contribution in [-0.2, 0) is 6.54 Å². The first kappa shape index (κ1) is 17.6. The molecule has 0 aliphatic carbocycles. The molecule has 142 valence electrons. The number of likely N-dealkylation sites (tertiary alicyclic amines) is 1. The van der Waals surface area contributed by atoms with E-state index in [9.17, 15) is 0 Å². The van der Waals surface area contributed by atoms with Crippen molar-refractivity contribution in [1.82, 2.24) is 29.2 Å². The van der Waals surface area contributed by atoms with Crippen molar-refractivity contribution in [3.8, 4) is 0 Å². The number of aromatic nitrogens is 4. The molecule has 0 aromatic carbocycles. The third kappa shape index (κ3) is 3.54. The van der Waals surface area contributed by atoms with Crippen LogP contribution in [0.25, 0.3) is 5.65 Å². The molecule has 0 bridgehead atoms. The summed E-state index contributed by atoms with van der Waals surface area (Å²) in [6, 6.07) is 6.58. The summed E-state index contributed by atoms with van der Waals surface area (Å²) in [4.78, 5) is 15.8. The maximum atomic E-state index is 4.71. The Balaban J connectivity index is 1.45. The second-order valence-electron chi connectivity index (χ2n) is 7.32. The second-order valence-corrected chi connectivity index (χ2v) is 7.32. The quantitative estimate of drug-likeness (QED) is 0.572. The molecule has 1 aliphatic rings. The minimum Gasteiger partial charge on any atom is -0.351 e. The van der Waals surface area contributed by atoms with Crippen molar-refractivity contribution in [1.29, 1.82) is 0 Å². The number of aliphatic imine (C=N–C) groups is 1. The highest BCUT2D eigenvalue weighted by Crippen LogP contribution is 2.27. The van der Waals surface area contributed by atoms with Gasteiger partial charge in [-0.25, -0.2) is 9.97 Å². The summed E-state index contributed by atoms with van der Waals surface area (Å²) in [6.45, 7) is 7.01. The standard InChI is InChI=1S/C20H27N7/c1-15-7-9-25(13-18(15)26-10-8-22-14-26)20(21-3)23-11-17-12-27-16(2)5-4-6-19(27)24-17/h4-6,8,10,12,14-15,18H,7,9,11,13H2,1-3H3,(H,21,23). The molecule has 0 saturated carbocycles. The summed E-state index contributed by atoms with van der Waals surface area (Å²) in [6.07, 6.45) is 9.05. The average Bonchev–Trinajstić information content (AvgIpc) is 3.33. The molecule has 4 heterocycles. The van der Waals surface area contributed by atoms with Crippen LogP contribution in [0.2, 0.25) is 0 Å². The van der Waals surface area contributed by atoms with Crippen molar-refractivity contribution >= 4 is 11.6 Å². The van der Waals surface area contributed by atoms with Crippen molar-refractivity contribution in [2.75, 3.05) is 20.1 Å². The van der Waals surface area contributed by atoms with E-state index in [-0.39, 0.29) is 0 Å². The van der Waals surface area contributed by atoms with Gasteiger partial charge in [0, 0.05) is 44.4 Å². The third-order valence-electron chi connectivity index (χ3n) is 5.51. The first-order valence-electron chi connectivity index (χ1n) is 9.52. The lowest BCUT2D eigenvalue weighted by Crippen LogP contribution is -2.48. The van der Waals surface area contributed by atoms with E-state index in [1.807, 2.05) is 31.7 Å². The first-order valence-corrected chi connectivity index (χ1v) is 9.52. The lowest BCUT2D eigenvalue weighted by Gasteiger charge is -2.39. The number of piperidine rings is 1. The lowest BCUT2D eigenvalue weighted by atomic mass is 9.93. The molecule has 4 rings (SSSR count). The molecule has 0 amide bonds. The number of imidazole rings is 2. The molecule has 7 heteroatoms. The largest absolute Gasteiger partial charge is 0.351 e. The molecule has 1 aliphatic heterocycles. The maximum absolute atomic E-state index is 4.71. The van der Waals surface area contributed by atoms with E-state index in [1.54, 1.807) is 0 Å². The second kappa shape index (κ2) is 7.42. The summed E-state index contributed by atoms with van der Waals surface area (Å²) < 4.78 is 4.34. The number of nitrogens with one attached hydrogen (secondary N) is 1. The van der Waals surface area contributed by atoms with Crippen molar-refractivity contribution in [3.63, 3.8) is 0 Å². The zero-order valence-electron chi connectivity index (χ0n) is 16.2. The van der Waals surface area contributed by atoms with Gasteiger partial charge >= 0.3 is 0 Å². The fourth-order valence-electron chi connectivity index (χ4n) is 3.88. The van der Waals surface area contributed by atoms with E-state index >= 15 is 0 Å². The maximum Gasteiger partial charge on any atom is 0.194 e. The molecule has 2 atom stereocenters. The van der Waals surface area contributed by atoms with Gasteiger partial charge in [-0.15, -0.1) is 0 Å². The molecule has 7 nitrogen and oxygen atoms in total. The van der Waals surface area contributed by atoms with E-state index in [0.29, 0.717) is 18.5 Å². The summed E-state index contributed by atoms with van der Waals surface area (Å²) in [5, 5.41) is 3.49. The van der Waals surface area contributed by atoms with Gasteiger partial charge in [0.25, 0.3) is 0 Å². The Kier molecular flexibility index (Phi) is 4.83. The normalized spacial score (nSPS) is 21.0. The van der Waals surface area contributed by atoms with Gasteiger partial charge in [-0.2, -0.15) is 0 Å². The highest BCUT2D eigenvalue weighted by atomic mass is 15.3. The molecule has 3 aromatic heterocycles. The number of guanidine groups is 1. The van der Waals surface area contributed by atoms with E-state index < -0.39 is 0 Å². The Morgan fingerprint density at radius 1 is 1.37 bits per heavy atom. The number of hydrogen-bond acceptors (Lipinski definition) is 3. The van der Waals surface area contributed by atoms with Gasteiger partial charge in [0.15, 0.2) is 5.96 Å². The number of rotatable bonds is 3. The lowest BCUT2D eigenvalue weighted by molar-refractivity contribution is 0.189. The van der Waals surface area contributed by atoms with Gasteiger partial charge in [-0.1, -0.05) is 13.0 Å². The van der Waals surface area contributed by atoms with Crippen molar-refractivity contribution in [2.45, 2.75) is 32.9 Å². The topological polar surface area (TPSA) is 62.8 Å². The van der Waals surface area contributed by atoms with Crippen molar-refractivity contribution in [3.05, 3.63) is 54.5 Å². The van der Waals surface area contributed by atoms with Crippen LogP contribution in [0, 0.1) is 12.8 Å². The summed E-state index contributed by atoms with van der Waals surface area (Å²) in [7, 11) is 1.85. The van der Waals surface area contributed by atoms with Gasteiger partial charge < -0.3 is 19.2 Å². The number of fused-ring (bicyclic) bond motifs is 1. The van der Waals surface area contributed by atoms with Crippen molar-refractivity contribution in [2.24, 2.45) is 10.9 Å². The van der Waals surface area contributed by atoms with Crippen LogP contribution in [-0.4, -0.2) is 49.9 Å². The Hall–Kier alpha value is -2.83. The molecular weight excluding hydrogens is 338 g/mol. The Morgan fingerprint density at radius 3 is 3.00 bits per heavy atom. The fraction of sp³-hybridized carbons (Fsp3) is 0.450. The first-order chi connectivity index (χ1) is 13.2. The Morgan fingerprint density at radius 2 is 2.26 bits per heavy atom. The number of nitrogens with zero attached hydrogens (tertiary/aromatic N) is 6. The summed E-state index contributed by atoms with van der Waals surface area (Å²) >= 11 is 0. The third-order valence-corrected chi connectivity index (χ3v) is 5.51. The average molecular weight is 365 g/mol. The van der Waals surface area contributed by atoms with E-state index in [1.165, 1.54) is 5.69 Å². The predicted octanol–water partition coefficient (Wildman–Crippen LogP) is 2.50. The van der Waals surface area contributed by atoms with E-state index in [0.717, 1.165) is 36.8 Å². The molecule has 1 saturated heterocycles. The predicted molar refractivity (Wildman–Crippen MR) is 107 cm³/mol. The number of aryl methyl sites for hydroxylation is 1. The van der Waals surface area contributed by atoms with E-state index in [4.69, 9.17) is 4.98 Å². The highest BCUT2D eigenvalue weighted by molar-refractivity contribution is 5.80. The molecular formula is C20H27N7. The zero-order valence-corrected chi connectivity index (χ0v) is 16.2. The van der Waals surface area contributed by atoms with Gasteiger partial charge in [0.2, 0.25) is 0 Å². The van der Waals surface area contributed by atoms with Gasteiger partial charge in [-0.05, 0) is 31.4 Å². The molecule has 1 fully saturated rings.